The standard InChI is InChI=1S/C24H22N2O/c1-26(2)23-16-10-19(11-17-23)7-6-18-25-24(27)22-14-12-21(13-15-22)20-8-4-3-5-9-20/h3-5,8-17H,18H2,1-2H3,(H,25,27). The summed E-state index contributed by atoms with van der Waals surface area (Å²) in [6, 6.07) is 25.7. The molecule has 0 spiro atoms. The van der Waals surface area contributed by atoms with Crippen molar-refractivity contribution in [3.8, 4) is 23.0 Å². The Balaban J connectivity index is 1.55. The monoisotopic (exact) mass is 354 g/mol. The maximum Gasteiger partial charge on any atom is 0.252 e. The molecule has 0 aliphatic heterocycles. The van der Waals surface area contributed by atoms with Crippen LogP contribution in [-0.2, 0) is 0 Å². The second-order valence-electron chi connectivity index (χ2n) is 6.37. The van der Waals surface area contributed by atoms with E-state index in [1.807, 2.05) is 85.7 Å². The SMILES string of the molecule is CN(C)c1ccc(C#CCNC(=O)c2ccc(-c3ccccc3)cc2)cc1. The number of nitrogens with zero attached hydrogens (tertiary/aromatic N) is 1. The van der Waals surface area contributed by atoms with Crippen molar-refractivity contribution in [3.05, 3.63) is 90.0 Å². The van der Waals surface area contributed by atoms with Crippen LogP contribution >= 0.6 is 0 Å². The molecular weight excluding hydrogens is 332 g/mol. The Hall–Kier alpha value is -3.51. The van der Waals surface area contributed by atoms with E-state index < -0.39 is 0 Å². The highest BCUT2D eigenvalue weighted by Crippen LogP contribution is 2.19. The maximum absolute atomic E-state index is 12.2. The molecule has 0 aliphatic rings. The summed E-state index contributed by atoms with van der Waals surface area (Å²) in [7, 11) is 4.01. The van der Waals surface area contributed by atoms with Crippen LogP contribution in [0.1, 0.15) is 15.9 Å². The van der Waals surface area contributed by atoms with Gasteiger partial charge in [0.1, 0.15) is 0 Å². The molecular formula is C24H22N2O. The van der Waals surface area contributed by atoms with Crippen molar-refractivity contribution in [1.29, 1.82) is 0 Å². The molecule has 0 heterocycles. The molecule has 0 bridgehead atoms. The van der Waals surface area contributed by atoms with Crippen molar-refractivity contribution in [2.45, 2.75) is 0 Å². The molecule has 0 aliphatic carbocycles. The first-order valence-corrected chi connectivity index (χ1v) is 8.83. The average Bonchev–Trinajstić information content (AvgIpc) is 2.72. The fourth-order valence-electron chi connectivity index (χ4n) is 2.66. The Kier molecular flexibility index (Phi) is 5.91. The third kappa shape index (κ3) is 4.99. The summed E-state index contributed by atoms with van der Waals surface area (Å²) in [4.78, 5) is 14.3. The van der Waals surface area contributed by atoms with E-state index in [1.54, 1.807) is 0 Å². The van der Waals surface area contributed by atoms with E-state index in [0.29, 0.717) is 12.1 Å². The van der Waals surface area contributed by atoms with Crippen molar-refractivity contribution in [1.82, 2.24) is 5.32 Å². The molecule has 27 heavy (non-hydrogen) atoms. The smallest absolute Gasteiger partial charge is 0.252 e. The Morgan fingerprint density at radius 2 is 1.48 bits per heavy atom. The predicted octanol–water partition coefficient (Wildman–Crippen LogP) is 4.20. The number of amides is 1. The third-order valence-corrected chi connectivity index (χ3v) is 4.21. The lowest BCUT2D eigenvalue weighted by atomic mass is 10.0. The van der Waals surface area contributed by atoms with Gasteiger partial charge in [-0.15, -0.1) is 0 Å². The molecule has 0 aromatic heterocycles. The largest absolute Gasteiger partial charge is 0.378 e. The van der Waals surface area contributed by atoms with Gasteiger partial charge in [-0.05, 0) is 47.5 Å². The van der Waals surface area contributed by atoms with Crippen LogP contribution in [0.25, 0.3) is 11.1 Å². The summed E-state index contributed by atoms with van der Waals surface area (Å²) in [6.07, 6.45) is 0. The number of anilines is 1. The minimum atomic E-state index is -0.119. The van der Waals surface area contributed by atoms with Gasteiger partial charge in [-0.3, -0.25) is 4.79 Å². The number of hydrogen-bond donors (Lipinski definition) is 1. The highest BCUT2D eigenvalue weighted by atomic mass is 16.1. The Bertz CT molecular complexity index is 947. The first-order valence-electron chi connectivity index (χ1n) is 8.83. The molecule has 1 amide bonds. The van der Waals surface area contributed by atoms with Gasteiger partial charge in [0.25, 0.3) is 5.91 Å². The minimum Gasteiger partial charge on any atom is -0.378 e. The van der Waals surface area contributed by atoms with Crippen LogP contribution in [0.5, 0.6) is 0 Å². The van der Waals surface area contributed by atoms with E-state index in [1.165, 1.54) is 0 Å². The van der Waals surface area contributed by atoms with Crippen LogP contribution in [0.3, 0.4) is 0 Å². The number of carbonyl (C=O) groups excluding carboxylic acids is 1. The average molecular weight is 354 g/mol. The number of benzene rings is 3. The lowest BCUT2D eigenvalue weighted by Gasteiger charge is -2.11. The lowest BCUT2D eigenvalue weighted by molar-refractivity contribution is 0.0958. The van der Waals surface area contributed by atoms with Crippen molar-refractivity contribution >= 4 is 11.6 Å². The molecule has 0 saturated heterocycles. The molecule has 3 aromatic rings. The van der Waals surface area contributed by atoms with Crippen LogP contribution in [0, 0.1) is 11.8 Å². The molecule has 0 unspecified atom stereocenters. The minimum absolute atomic E-state index is 0.119. The van der Waals surface area contributed by atoms with Gasteiger partial charge in [-0.25, -0.2) is 0 Å². The molecule has 0 atom stereocenters. The van der Waals surface area contributed by atoms with E-state index in [2.05, 4.69) is 29.3 Å². The summed E-state index contributed by atoms with van der Waals surface area (Å²) in [5.41, 5.74) is 4.92. The van der Waals surface area contributed by atoms with E-state index in [4.69, 9.17) is 0 Å². The predicted molar refractivity (Wildman–Crippen MR) is 112 cm³/mol. The lowest BCUT2D eigenvalue weighted by Crippen LogP contribution is -2.23. The zero-order valence-corrected chi connectivity index (χ0v) is 15.6. The fraction of sp³-hybridized carbons (Fsp3) is 0.125. The van der Waals surface area contributed by atoms with E-state index in [9.17, 15) is 4.79 Å². The van der Waals surface area contributed by atoms with Crippen LogP contribution < -0.4 is 10.2 Å². The van der Waals surface area contributed by atoms with Crippen molar-refractivity contribution in [3.63, 3.8) is 0 Å². The molecule has 0 fully saturated rings. The molecule has 3 aromatic carbocycles. The van der Waals surface area contributed by atoms with Gasteiger partial charge in [-0.1, -0.05) is 54.3 Å². The van der Waals surface area contributed by atoms with Gasteiger partial charge in [0.15, 0.2) is 0 Å². The zero-order valence-electron chi connectivity index (χ0n) is 15.6. The maximum atomic E-state index is 12.2. The number of rotatable bonds is 4. The Morgan fingerprint density at radius 3 is 2.11 bits per heavy atom. The molecule has 3 rings (SSSR count). The fourth-order valence-corrected chi connectivity index (χ4v) is 2.66. The van der Waals surface area contributed by atoms with Gasteiger partial charge in [0.05, 0.1) is 6.54 Å². The Morgan fingerprint density at radius 1 is 0.852 bits per heavy atom. The van der Waals surface area contributed by atoms with E-state index in [0.717, 1.165) is 22.4 Å². The highest BCUT2D eigenvalue weighted by molar-refractivity contribution is 5.94. The van der Waals surface area contributed by atoms with E-state index >= 15 is 0 Å². The van der Waals surface area contributed by atoms with Crippen molar-refractivity contribution in [2.75, 3.05) is 25.5 Å². The normalized spacial score (nSPS) is 9.85. The molecule has 3 nitrogen and oxygen atoms in total. The molecule has 1 N–H and O–H groups in total. The number of nitrogens with one attached hydrogen (secondary N) is 1. The van der Waals surface area contributed by atoms with Gasteiger partial charge in [0, 0.05) is 30.9 Å². The second-order valence-corrected chi connectivity index (χ2v) is 6.37. The van der Waals surface area contributed by atoms with Gasteiger partial charge >= 0.3 is 0 Å². The topological polar surface area (TPSA) is 32.3 Å². The Labute approximate surface area is 160 Å². The highest BCUT2D eigenvalue weighted by Gasteiger charge is 2.04. The summed E-state index contributed by atoms with van der Waals surface area (Å²) < 4.78 is 0. The quantitative estimate of drug-likeness (QED) is 0.712. The zero-order chi connectivity index (χ0) is 19.1. The van der Waals surface area contributed by atoms with Gasteiger partial charge in [-0.2, -0.15) is 0 Å². The molecule has 3 heteroatoms. The second kappa shape index (κ2) is 8.73. The summed E-state index contributed by atoms with van der Waals surface area (Å²) in [5, 5.41) is 2.84. The summed E-state index contributed by atoms with van der Waals surface area (Å²) in [6.45, 7) is 0.314. The first-order chi connectivity index (χ1) is 13.1. The van der Waals surface area contributed by atoms with Gasteiger partial charge in [0.2, 0.25) is 0 Å². The number of hydrogen-bond acceptors (Lipinski definition) is 2. The van der Waals surface area contributed by atoms with Crippen LogP contribution in [-0.4, -0.2) is 26.5 Å². The third-order valence-electron chi connectivity index (χ3n) is 4.21. The van der Waals surface area contributed by atoms with Crippen molar-refractivity contribution in [2.24, 2.45) is 0 Å². The summed E-state index contributed by atoms with van der Waals surface area (Å²) >= 11 is 0. The van der Waals surface area contributed by atoms with Gasteiger partial charge < -0.3 is 10.2 Å². The molecule has 0 radical (unpaired) electrons. The summed E-state index contributed by atoms with van der Waals surface area (Å²) in [5.74, 6) is 5.94. The first kappa shape index (κ1) is 18.3. The molecule has 134 valence electrons. The number of carbonyl (C=O) groups is 1. The van der Waals surface area contributed by atoms with Crippen molar-refractivity contribution < 1.29 is 4.79 Å². The van der Waals surface area contributed by atoms with Crippen LogP contribution in [0.4, 0.5) is 5.69 Å². The van der Waals surface area contributed by atoms with E-state index in [-0.39, 0.29) is 5.91 Å². The van der Waals surface area contributed by atoms with Crippen LogP contribution in [0.2, 0.25) is 0 Å². The van der Waals surface area contributed by atoms with Crippen LogP contribution in [0.15, 0.2) is 78.9 Å². The molecule has 0 saturated carbocycles.